The minimum absolute atomic E-state index is 0.219. The highest BCUT2D eigenvalue weighted by Crippen LogP contribution is 2.19. The van der Waals surface area contributed by atoms with Crippen LogP contribution in [0.25, 0.3) is 0 Å². The molecule has 0 radical (unpaired) electrons. The number of methoxy groups -OCH3 is 1. The van der Waals surface area contributed by atoms with Crippen LogP contribution in [0.4, 0.5) is 10.6 Å². The minimum Gasteiger partial charge on any atom is -0.467 e. The van der Waals surface area contributed by atoms with Gasteiger partial charge in [0.15, 0.2) is 5.82 Å². The fourth-order valence-corrected chi connectivity index (χ4v) is 1.39. The molecule has 0 unspecified atom stereocenters. The van der Waals surface area contributed by atoms with Crippen molar-refractivity contribution in [2.45, 2.75) is 26.4 Å². The maximum absolute atomic E-state index is 11.4. The molecule has 0 bridgehead atoms. The molecule has 1 aromatic heterocycles. The molecule has 0 aliphatic carbocycles. The van der Waals surface area contributed by atoms with E-state index < -0.39 is 11.7 Å². The third kappa shape index (κ3) is 5.92. The summed E-state index contributed by atoms with van der Waals surface area (Å²) in [5.74, 6) is 0.449. The summed E-state index contributed by atoms with van der Waals surface area (Å²) >= 11 is 5.93. The molecular formula is C12H19ClN4O3. The van der Waals surface area contributed by atoms with Crippen molar-refractivity contribution in [1.82, 2.24) is 15.3 Å². The molecule has 0 atom stereocenters. The average Bonchev–Trinajstić information content (AvgIpc) is 2.34. The van der Waals surface area contributed by atoms with E-state index >= 15 is 0 Å². The summed E-state index contributed by atoms with van der Waals surface area (Å²) in [4.78, 5) is 19.3. The number of halogens is 1. The number of anilines is 1. The topological polar surface area (TPSA) is 85.4 Å². The predicted octanol–water partition coefficient (Wildman–Crippen LogP) is 2.08. The van der Waals surface area contributed by atoms with Crippen LogP contribution >= 0.6 is 11.6 Å². The van der Waals surface area contributed by atoms with Gasteiger partial charge in [-0.1, -0.05) is 11.6 Å². The van der Waals surface area contributed by atoms with Gasteiger partial charge in [-0.3, -0.25) is 0 Å². The molecule has 0 aliphatic heterocycles. The molecule has 1 heterocycles. The maximum atomic E-state index is 11.4. The van der Waals surface area contributed by atoms with Crippen LogP contribution in [0.1, 0.15) is 20.8 Å². The standard InChI is InChI=1S/C12H19ClN4O3/c1-12(2,3)20-11(18)15-6-5-14-9-8(13)7-16-10(17-9)19-4/h7H,5-6H2,1-4H3,(H,15,18)(H,14,16,17). The Balaban J connectivity index is 2.36. The second-order valence-electron chi connectivity index (χ2n) is 4.91. The van der Waals surface area contributed by atoms with E-state index in [2.05, 4.69) is 20.6 Å². The van der Waals surface area contributed by atoms with Gasteiger partial charge in [0.2, 0.25) is 0 Å². The van der Waals surface area contributed by atoms with Crippen molar-refractivity contribution < 1.29 is 14.3 Å². The number of carbonyl (C=O) groups excluding carboxylic acids is 1. The molecule has 0 fully saturated rings. The van der Waals surface area contributed by atoms with E-state index in [0.29, 0.717) is 23.9 Å². The summed E-state index contributed by atoms with van der Waals surface area (Å²) < 4.78 is 10.00. The largest absolute Gasteiger partial charge is 0.467 e. The summed E-state index contributed by atoms with van der Waals surface area (Å²) in [5.41, 5.74) is -0.513. The van der Waals surface area contributed by atoms with Crippen LogP contribution in [0.5, 0.6) is 6.01 Å². The molecule has 0 aliphatic rings. The highest BCUT2D eigenvalue weighted by Gasteiger charge is 2.15. The molecule has 0 saturated carbocycles. The lowest BCUT2D eigenvalue weighted by Crippen LogP contribution is -2.35. The van der Waals surface area contributed by atoms with Gasteiger partial charge < -0.3 is 20.1 Å². The Bertz CT molecular complexity index is 463. The first-order valence-electron chi connectivity index (χ1n) is 6.09. The van der Waals surface area contributed by atoms with E-state index in [1.54, 1.807) is 20.8 Å². The van der Waals surface area contributed by atoms with Gasteiger partial charge >= 0.3 is 12.1 Å². The van der Waals surface area contributed by atoms with E-state index in [4.69, 9.17) is 21.1 Å². The average molecular weight is 303 g/mol. The zero-order valence-corrected chi connectivity index (χ0v) is 12.7. The first-order valence-corrected chi connectivity index (χ1v) is 6.47. The summed E-state index contributed by atoms with van der Waals surface area (Å²) in [5, 5.41) is 5.97. The van der Waals surface area contributed by atoms with Crippen molar-refractivity contribution in [3.63, 3.8) is 0 Å². The van der Waals surface area contributed by atoms with Gasteiger partial charge in [-0.25, -0.2) is 9.78 Å². The number of ether oxygens (including phenoxy) is 2. The smallest absolute Gasteiger partial charge is 0.407 e. The molecular weight excluding hydrogens is 284 g/mol. The highest BCUT2D eigenvalue weighted by atomic mass is 35.5. The summed E-state index contributed by atoms with van der Waals surface area (Å²) in [6, 6.07) is 0.219. The molecule has 20 heavy (non-hydrogen) atoms. The number of rotatable bonds is 5. The molecule has 1 rings (SSSR count). The van der Waals surface area contributed by atoms with E-state index in [1.165, 1.54) is 13.3 Å². The second-order valence-corrected chi connectivity index (χ2v) is 5.32. The van der Waals surface area contributed by atoms with Crippen LogP contribution in [0.15, 0.2) is 6.20 Å². The first-order chi connectivity index (χ1) is 9.31. The number of hydrogen-bond acceptors (Lipinski definition) is 6. The van der Waals surface area contributed by atoms with Gasteiger partial charge in [0, 0.05) is 13.1 Å². The fraction of sp³-hybridized carbons (Fsp3) is 0.583. The Morgan fingerprint density at radius 2 is 2.10 bits per heavy atom. The van der Waals surface area contributed by atoms with E-state index in [1.807, 2.05) is 0 Å². The monoisotopic (exact) mass is 302 g/mol. The lowest BCUT2D eigenvalue weighted by molar-refractivity contribution is 0.0530. The minimum atomic E-state index is -0.513. The van der Waals surface area contributed by atoms with Crippen LogP contribution in [0, 0.1) is 0 Å². The molecule has 7 nitrogen and oxygen atoms in total. The lowest BCUT2D eigenvalue weighted by Gasteiger charge is -2.19. The number of nitrogens with one attached hydrogen (secondary N) is 2. The predicted molar refractivity (Wildman–Crippen MR) is 76.3 cm³/mol. The van der Waals surface area contributed by atoms with Crippen LogP contribution in [-0.2, 0) is 4.74 Å². The molecule has 8 heteroatoms. The lowest BCUT2D eigenvalue weighted by atomic mass is 10.2. The quantitative estimate of drug-likeness (QED) is 0.810. The van der Waals surface area contributed by atoms with Crippen LogP contribution < -0.4 is 15.4 Å². The molecule has 1 amide bonds. The van der Waals surface area contributed by atoms with Gasteiger partial charge in [-0.05, 0) is 20.8 Å². The molecule has 0 aromatic carbocycles. The number of alkyl carbamates (subject to hydrolysis) is 1. The van der Waals surface area contributed by atoms with Gasteiger partial charge in [0.25, 0.3) is 0 Å². The molecule has 0 spiro atoms. The van der Waals surface area contributed by atoms with E-state index in [0.717, 1.165) is 0 Å². The Labute approximate surface area is 123 Å². The van der Waals surface area contributed by atoms with Gasteiger partial charge in [0.1, 0.15) is 10.6 Å². The highest BCUT2D eigenvalue weighted by molar-refractivity contribution is 6.32. The van der Waals surface area contributed by atoms with Crippen molar-refractivity contribution in [2.24, 2.45) is 0 Å². The normalized spacial score (nSPS) is 10.8. The number of hydrogen-bond donors (Lipinski definition) is 2. The fourth-order valence-electron chi connectivity index (χ4n) is 1.23. The van der Waals surface area contributed by atoms with Gasteiger partial charge in [-0.2, -0.15) is 4.98 Å². The first kappa shape index (κ1) is 16.3. The Morgan fingerprint density at radius 1 is 1.40 bits per heavy atom. The van der Waals surface area contributed by atoms with Gasteiger partial charge in [0.05, 0.1) is 13.3 Å². The number of nitrogens with zero attached hydrogens (tertiary/aromatic N) is 2. The van der Waals surface area contributed by atoms with Crippen molar-refractivity contribution in [2.75, 3.05) is 25.5 Å². The number of aromatic nitrogens is 2. The van der Waals surface area contributed by atoms with Crippen molar-refractivity contribution in [3.8, 4) is 6.01 Å². The SMILES string of the molecule is COc1ncc(Cl)c(NCCNC(=O)OC(C)(C)C)n1. The third-order valence-electron chi connectivity index (χ3n) is 1.99. The Hall–Kier alpha value is -1.76. The van der Waals surface area contributed by atoms with Crippen molar-refractivity contribution in [3.05, 3.63) is 11.2 Å². The van der Waals surface area contributed by atoms with Gasteiger partial charge in [-0.15, -0.1) is 0 Å². The Kier molecular flexibility index (Phi) is 5.82. The van der Waals surface area contributed by atoms with Crippen molar-refractivity contribution >= 4 is 23.5 Å². The summed E-state index contributed by atoms with van der Waals surface area (Å²) in [6.45, 7) is 6.23. The summed E-state index contributed by atoms with van der Waals surface area (Å²) in [6.07, 6.45) is 0.975. The maximum Gasteiger partial charge on any atom is 0.407 e. The molecule has 0 saturated heterocycles. The van der Waals surface area contributed by atoms with Crippen LogP contribution in [0.2, 0.25) is 5.02 Å². The zero-order valence-electron chi connectivity index (χ0n) is 12.0. The summed E-state index contributed by atoms with van der Waals surface area (Å²) in [7, 11) is 1.47. The van der Waals surface area contributed by atoms with E-state index in [9.17, 15) is 4.79 Å². The number of carbonyl (C=O) groups is 1. The van der Waals surface area contributed by atoms with E-state index in [-0.39, 0.29) is 6.01 Å². The molecule has 112 valence electrons. The zero-order chi connectivity index (χ0) is 15.2. The Morgan fingerprint density at radius 3 is 2.70 bits per heavy atom. The van der Waals surface area contributed by atoms with Crippen LogP contribution in [0.3, 0.4) is 0 Å². The number of amides is 1. The molecule has 1 aromatic rings. The van der Waals surface area contributed by atoms with Crippen molar-refractivity contribution in [1.29, 1.82) is 0 Å². The van der Waals surface area contributed by atoms with Crippen LogP contribution in [-0.4, -0.2) is 41.9 Å². The third-order valence-corrected chi connectivity index (χ3v) is 2.27. The second kappa shape index (κ2) is 7.14. The molecule has 2 N–H and O–H groups in total.